The summed E-state index contributed by atoms with van der Waals surface area (Å²) >= 11 is 7.23. The molecular formula is C14H16ClN3O2S. The minimum atomic E-state index is -0.122. The van der Waals surface area contributed by atoms with Gasteiger partial charge in [0, 0.05) is 24.1 Å². The number of carbonyl (C=O) groups is 1. The second kappa shape index (κ2) is 7.28. The van der Waals surface area contributed by atoms with Gasteiger partial charge in [-0.3, -0.25) is 4.79 Å². The molecule has 0 aliphatic heterocycles. The maximum absolute atomic E-state index is 11.3. The van der Waals surface area contributed by atoms with Crippen LogP contribution in [0.1, 0.15) is 18.7 Å². The highest BCUT2D eigenvalue weighted by Gasteiger charge is 2.07. The summed E-state index contributed by atoms with van der Waals surface area (Å²) in [5.74, 6) is 0.625. The van der Waals surface area contributed by atoms with E-state index in [2.05, 4.69) is 15.6 Å². The minimum Gasteiger partial charge on any atom is -0.494 e. The maximum Gasteiger partial charge on any atom is 0.221 e. The Bertz CT molecular complexity index is 630. The quantitative estimate of drug-likeness (QED) is 0.848. The lowest BCUT2D eigenvalue weighted by Crippen LogP contribution is -2.09. The fourth-order valence-electron chi connectivity index (χ4n) is 1.77. The standard InChI is InChI=1S/C14H16ClN3O2S/c1-3-20-10-4-5-12(18-9(2)19)13(6-10)16-7-11-8-17-14(15)21-11/h4-6,8,16H,3,7H2,1-2H3,(H,18,19). The third-order valence-electron chi connectivity index (χ3n) is 2.59. The molecule has 0 saturated heterocycles. The average Bonchev–Trinajstić information content (AvgIpc) is 2.84. The second-order valence-corrected chi connectivity index (χ2v) is 5.95. The number of carbonyl (C=O) groups excluding carboxylic acids is 1. The van der Waals surface area contributed by atoms with Gasteiger partial charge in [-0.15, -0.1) is 11.3 Å². The van der Waals surface area contributed by atoms with Crippen molar-refractivity contribution in [3.8, 4) is 5.75 Å². The zero-order valence-corrected chi connectivity index (χ0v) is 13.3. The Morgan fingerprint density at radius 3 is 2.86 bits per heavy atom. The van der Waals surface area contributed by atoms with Gasteiger partial charge in [0.15, 0.2) is 4.47 Å². The normalized spacial score (nSPS) is 10.2. The maximum atomic E-state index is 11.3. The summed E-state index contributed by atoms with van der Waals surface area (Å²) < 4.78 is 5.99. The smallest absolute Gasteiger partial charge is 0.221 e. The minimum absolute atomic E-state index is 0.122. The molecule has 0 radical (unpaired) electrons. The fourth-order valence-corrected chi connectivity index (χ4v) is 2.69. The van der Waals surface area contributed by atoms with Crippen LogP contribution in [-0.4, -0.2) is 17.5 Å². The van der Waals surface area contributed by atoms with Gasteiger partial charge in [0.05, 0.1) is 24.5 Å². The van der Waals surface area contributed by atoms with Crippen LogP contribution in [0.5, 0.6) is 5.75 Å². The number of nitrogens with zero attached hydrogens (tertiary/aromatic N) is 1. The van der Waals surface area contributed by atoms with Crippen molar-refractivity contribution < 1.29 is 9.53 Å². The first-order valence-corrected chi connectivity index (χ1v) is 7.66. The molecule has 2 rings (SSSR count). The summed E-state index contributed by atoms with van der Waals surface area (Å²) in [5, 5.41) is 6.05. The lowest BCUT2D eigenvalue weighted by atomic mass is 10.2. The Morgan fingerprint density at radius 1 is 1.43 bits per heavy atom. The molecule has 0 bridgehead atoms. The van der Waals surface area contributed by atoms with Crippen LogP contribution in [0.25, 0.3) is 0 Å². The van der Waals surface area contributed by atoms with Crippen molar-refractivity contribution in [1.29, 1.82) is 0 Å². The van der Waals surface area contributed by atoms with Crippen LogP contribution in [0, 0.1) is 0 Å². The third kappa shape index (κ3) is 4.61. The van der Waals surface area contributed by atoms with Crippen LogP contribution in [0.2, 0.25) is 4.47 Å². The summed E-state index contributed by atoms with van der Waals surface area (Å²) in [4.78, 5) is 16.3. The number of halogens is 1. The monoisotopic (exact) mass is 325 g/mol. The molecule has 1 aromatic carbocycles. The number of rotatable bonds is 6. The van der Waals surface area contributed by atoms with Gasteiger partial charge in [0.1, 0.15) is 5.75 Å². The van der Waals surface area contributed by atoms with Crippen molar-refractivity contribution in [1.82, 2.24) is 4.98 Å². The summed E-state index contributed by atoms with van der Waals surface area (Å²) in [5.41, 5.74) is 1.50. The van der Waals surface area contributed by atoms with Crippen molar-refractivity contribution in [2.45, 2.75) is 20.4 Å². The first-order valence-electron chi connectivity index (χ1n) is 6.47. The van der Waals surface area contributed by atoms with Crippen LogP contribution in [0.15, 0.2) is 24.4 Å². The Labute approximate surface area is 132 Å². The molecule has 0 aliphatic carbocycles. The molecular weight excluding hydrogens is 310 g/mol. The number of ether oxygens (including phenoxy) is 1. The highest BCUT2D eigenvalue weighted by molar-refractivity contribution is 7.15. The van der Waals surface area contributed by atoms with E-state index in [4.69, 9.17) is 16.3 Å². The Morgan fingerprint density at radius 2 is 2.24 bits per heavy atom. The average molecular weight is 326 g/mol. The van der Waals surface area contributed by atoms with Crippen molar-refractivity contribution in [2.75, 3.05) is 17.2 Å². The summed E-state index contributed by atoms with van der Waals surface area (Å²) in [7, 11) is 0. The number of thiazole rings is 1. The molecule has 5 nitrogen and oxygen atoms in total. The molecule has 1 amide bonds. The highest BCUT2D eigenvalue weighted by Crippen LogP contribution is 2.28. The molecule has 0 fully saturated rings. The summed E-state index contributed by atoms with van der Waals surface area (Å²) in [6.45, 7) is 4.56. The van der Waals surface area contributed by atoms with Crippen LogP contribution in [0.4, 0.5) is 11.4 Å². The Kier molecular flexibility index (Phi) is 5.41. The lowest BCUT2D eigenvalue weighted by Gasteiger charge is -2.13. The van der Waals surface area contributed by atoms with Gasteiger partial charge in [0.25, 0.3) is 0 Å². The van der Waals surface area contributed by atoms with E-state index in [0.717, 1.165) is 16.3 Å². The number of anilines is 2. The van der Waals surface area contributed by atoms with Gasteiger partial charge < -0.3 is 15.4 Å². The second-order valence-electron chi connectivity index (χ2n) is 4.25. The number of benzene rings is 1. The van der Waals surface area contributed by atoms with E-state index in [1.165, 1.54) is 18.3 Å². The molecule has 7 heteroatoms. The molecule has 1 heterocycles. The predicted octanol–water partition coefficient (Wildman–Crippen LogP) is 3.77. The van der Waals surface area contributed by atoms with Gasteiger partial charge in [-0.2, -0.15) is 0 Å². The molecule has 2 aromatic rings. The Hall–Kier alpha value is -1.79. The number of hydrogen-bond donors (Lipinski definition) is 2. The fraction of sp³-hybridized carbons (Fsp3) is 0.286. The molecule has 0 saturated carbocycles. The van der Waals surface area contributed by atoms with E-state index in [1.54, 1.807) is 6.20 Å². The molecule has 1 aromatic heterocycles. The van der Waals surface area contributed by atoms with Crippen molar-refractivity contribution in [3.05, 3.63) is 33.7 Å². The number of hydrogen-bond acceptors (Lipinski definition) is 5. The van der Waals surface area contributed by atoms with E-state index in [1.807, 2.05) is 25.1 Å². The number of amides is 1. The molecule has 0 atom stereocenters. The Balaban J connectivity index is 2.16. The molecule has 0 aliphatic rings. The van der Waals surface area contributed by atoms with E-state index in [0.29, 0.717) is 23.3 Å². The van der Waals surface area contributed by atoms with Gasteiger partial charge in [-0.05, 0) is 19.1 Å². The largest absolute Gasteiger partial charge is 0.494 e. The van der Waals surface area contributed by atoms with Gasteiger partial charge in [-0.1, -0.05) is 11.6 Å². The zero-order chi connectivity index (χ0) is 15.2. The molecule has 0 spiro atoms. The van der Waals surface area contributed by atoms with Crippen molar-refractivity contribution in [2.24, 2.45) is 0 Å². The molecule has 0 unspecified atom stereocenters. The van der Waals surface area contributed by atoms with Gasteiger partial charge >= 0.3 is 0 Å². The molecule has 21 heavy (non-hydrogen) atoms. The first kappa shape index (κ1) is 15.6. The molecule has 112 valence electrons. The van der Waals surface area contributed by atoms with Crippen LogP contribution in [-0.2, 0) is 11.3 Å². The van der Waals surface area contributed by atoms with Crippen LogP contribution in [0.3, 0.4) is 0 Å². The van der Waals surface area contributed by atoms with E-state index in [9.17, 15) is 4.79 Å². The van der Waals surface area contributed by atoms with E-state index in [-0.39, 0.29) is 5.91 Å². The highest BCUT2D eigenvalue weighted by atomic mass is 35.5. The van der Waals surface area contributed by atoms with Gasteiger partial charge in [-0.25, -0.2) is 4.98 Å². The van der Waals surface area contributed by atoms with Gasteiger partial charge in [0.2, 0.25) is 5.91 Å². The predicted molar refractivity (Wildman–Crippen MR) is 86.4 cm³/mol. The topological polar surface area (TPSA) is 63.2 Å². The van der Waals surface area contributed by atoms with E-state index >= 15 is 0 Å². The number of nitrogens with one attached hydrogen (secondary N) is 2. The van der Waals surface area contributed by atoms with Crippen LogP contribution >= 0.6 is 22.9 Å². The zero-order valence-electron chi connectivity index (χ0n) is 11.8. The van der Waals surface area contributed by atoms with Crippen molar-refractivity contribution in [3.63, 3.8) is 0 Å². The first-order chi connectivity index (χ1) is 10.1. The van der Waals surface area contributed by atoms with Crippen LogP contribution < -0.4 is 15.4 Å². The van der Waals surface area contributed by atoms with Crippen molar-refractivity contribution >= 4 is 40.2 Å². The van der Waals surface area contributed by atoms with E-state index < -0.39 is 0 Å². The number of aromatic nitrogens is 1. The third-order valence-corrected chi connectivity index (χ3v) is 3.71. The summed E-state index contributed by atoms with van der Waals surface area (Å²) in [6.07, 6.45) is 1.73. The summed E-state index contributed by atoms with van der Waals surface area (Å²) in [6, 6.07) is 5.50. The lowest BCUT2D eigenvalue weighted by molar-refractivity contribution is -0.114. The SMILES string of the molecule is CCOc1ccc(NC(C)=O)c(NCc2cnc(Cl)s2)c1. The molecule has 2 N–H and O–H groups in total.